The van der Waals surface area contributed by atoms with Crippen molar-refractivity contribution in [2.24, 2.45) is 5.92 Å². The Morgan fingerprint density at radius 2 is 1.68 bits per heavy atom. The van der Waals surface area contributed by atoms with E-state index in [1.165, 1.54) is 6.07 Å². The highest BCUT2D eigenvalue weighted by Gasteiger charge is 2.38. The van der Waals surface area contributed by atoms with Gasteiger partial charge in [0.15, 0.2) is 0 Å². The average Bonchev–Trinajstić information content (AvgIpc) is 3.25. The van der Waals surface area contributed by atoms with Gasteiger partial charge in [0, 0.05) is 56.2 Å². The third-order valence-electron chi connectivity index (χ3n) is 6.79. The van der Waals surface area contributed by atoms with Gasteiger partial charge in [0.1, 0.15) is 29.6 Å². The van der Waals surface area contributed by atoms with E-state index in [0.29, 0.717) is 30.3 Å². The number of carbonyl (C=O) groups is 2. The van der Waals surface area contributed by atoms with E-state index in [1.54, 1.807) is 19.2 Å². The van der Waals surface area contributed by atoms with Gasteiger partial charge in [-0.3, -0.25) is 4.79 Å². The van der Waals surface area contributed by atoms with E-state index in [0.717, 1.165) is 12.1 Å². The van der Waals surface area contributed by atoms with Crippen LogP contribution in [0.3, 0.4) is 0 Å². The molecule has 0 aromatic heterocycles. The minimum Gasteiger partial charge on any atom is -0.497 e. The Morgan fingerprint density at radius 3 is 2.23 bits per heavy atom. The van der Waals surface area contributed by atoms with Crippen LogP contribution in [0.1, 0.15) is 26.2 Å². The van der Waals surface area contributed by atoms with Crippen molar-refractivity contribution < 1.29 is 51.2 Å². The molecule has 0 aliphatic carbocycles. The lowest BCUT2D eigenvalue weighted by Gasteiger charge is -2.38. The number of nitrogens with zero attached hydrogens (tertiary/aromatic N) is 2. The fraction of sp³-hybridized carbons (Fsp3) is 0.481. The van der Waals surface area contributed by atoms with Crippen LogP contribution in [0.5, 0.6) is 11.5 Å². The summed E-state index contributed by atoms with van der Waals surface area (Å²) in [5, 5.41) is 16.2. The van der Waals surface area contributed by atoms with Crippen molar-refractivity contribution in [3.63, 3.8) is 0 Å². The number of hydrogen-bond donors (Lipinski definition) is 2. The van der Waals surface area contributed by atoms with E-state index < -0.39 is 24.3 Å². The Morgan fingerprint density at radius 1 is 1.05 bits per heavy atom. The zero-order valence-corrected chi connectivity index (χ0v) is 21.9. The number of piperidine rings is 1. The molecule has 0 saturated carbocycles. The number of ether oxygens (including phenoxy) is 2. The Bertz CT molecular complexity index is 1160. The van der Waals surface area contributed by atoms with Crippen LogP contribution in [0, 0.1) is 11.7 Å². The number of anilines is 2. The summed E-state index contributed by atoms with van der Waals surface area (Å²) in [6.07, 6.45) is -5.22. The van der Waals surface area contributed by atoms with Crippen molar-refractivity contribution in [1.29, 1.82) is 0 Å². The maximum absolute atomic E-state index is 14.4. The molecule has 0 spiro atoms. The third kappa shape index (κ3) is 8.12. The number of carboxylic acids is 2. The summed E-state index contributed by atoms with van der Waals surface area (Å²) in [6, 6.07) is 11.8. The molecule has 4 rings (SSSR count). The van der Waals surface area contributed by atoms with Crippen molar-refractivity contribution >= 4 is 23.3 Å². The number of carboxylic acid groups (broad SMARTS) is 2. The van der Waals surface area contributed by atoms with E-state index in [-0.39, 0.29) is 43.3 Å². The molecule has 2 aliphatic heterocycles. The first-order valence-electron chi connectivity index (χ1n) is 12.6. The molecule has 2 fully saturated rings. The molecule has 2 unspecified atom stereocenters. The third-order valence-corrected chi connectivity index (χ3v) is 6.79. The quantitative estimate of drug-likeness (QED) is 0.438. The SMILES string of the molecule is COc1ccc(F)c(N2CCC(Oc3ccc(N4C[C@H](F)C[C@@H]4CC(=O)O)cc3)C(C)C2)c1.O=C(O)C(F)(F)F. The fourth-order valence-electron chi connectivity index (χ4n) is 4.84. The van der Waals surface area contributed by atoms with Gasteiger partial charge in [0.25, 0.3) is 0 Å². The Balaban J connectivity index is 0.000000559. The fourth-order valence-corrected chi connectivity index (χ4v) is 4.84. The van der Waals surface area contributed by atoms with Crippen LogP contribution in [0.15, 0.2) is 42.5 Å². The number of alkyl halides is 4. The molecule has 2 N–H and O–H groups in total. The molecular weight excluding hydrogens is 543 g/mol. The Kier molecular flexibility index (Phi) is 10.0. The molecule has 2 saturated heterocycles. The first kappa shape index (κ1) is 30.8. The van der Waals surface area contributed by atoms with Crippen molar-refractivity contribution in [2.75, 3.05) is 36.5 Å². The number of rotatable bonds is 7. The van der Waals surface area contributed by atoms with Gasteiger partial charge in [-0.1, -0.05) is 6.92 Å². The lowest BCUT2D eigenvalue weighted by atomic mass is 9.95. The second-order valence-electron chi connectivity index (χ2n) is 9.72. The summed E-state index contributed by atoms with van der Waals surface area (Å²) in [5.41, 5.74) is 1.34. The normalized spacial score (nSPS) is 22.8. The zero-order chi connectivity index (χ0) is 29.6. The summed E-state index contributed by atoms with van der Waals surface area (Å²) in [7, 11) is 1.57. The van der Waals surface area contributed by atoms with Crippen LogP contribution in [0.25, 0.3) is 0 Å². The van der Waals surface area contributed by atoms with Gasteiger partial charge in [0.2, 0.25) is 0 Å². The van der Waals surface area contributed by atoms with Crippen molar-refractivity contribution in [3.8, 4) is 11.5 Å². The van der Waals surface area contributed by atoms with Crippen LogP contribution >= 0.6 is 0 Å². The van der Waals surface area contributed by atoms with Crippen LogP contribution in [0.2, 0.25) is 0 Å². The highest BCUT2D eigenvalue weighted by Crippen LogP contribution is 2.33. The molecule has 0 bridgehead atoms. The van der Waals surface area contributed by atoms with E-state index in [9.17, 15) is 26.7 Å². The van der Waals surface area contributed by atoms with Gasteiger partial charge in [-0.05, 0) is 36.4 Å². The maximum Gasteiger partial charge on any atom is 0.490 e. The lowest BCUT2D eigenvalue weighted by molar-refractivity contribution is -0.192. The van der Waals surface area contributed by atoms with Gasteiger partial charge in [-0.2, -0.15) is 13.2 Å². The van der Waals surface area contributed by atoms with E-state index in [4.69, 9.17) is 24.5 Å². The number of halogens is 5. The Labute approximate surface area is 227 Å². The van der Waals surface area contributed by atoms with E-state index >= 15 is 0 Å². The predicted molar refractivity (Wildman–Crippen MR) is 136 cm³/mol. The van der Waals surface area contributed by atoms with Crippen molar-refractivity contribution in [1.82, 2.24) is 0 Å². The molecule has 13 heteroatoms. The van der Waals surface area contributed by atoms with E-state index in [2.05, 4.69) is 6.92 Å². The number of methoxy groups -OCH3 is 1. The second kappa shape index (κ2) is 13.1. The molecule has 40 heavy (non-hydrogen) atoms. The number of hydrogen-bond acceptors (Lipinski definition) is 6. The first-order chi connectivity index (χ1) is 18.8. The summed E-state index contributed by atoms with van der Waals surface area (Å²) in [4.78, 5) is 23.9. The molecule has 8 nitrogen and oxygen atoms in total. The molecular formula is C27H31F5N2O6. The average molecular weight is 575 g/mol. The van der Waals surface area contributed by atoms with Gasteiger partial charge in [0.05, 0.1) is 19.2 Å². The largest absolute Gasteiger partial charge is 0.497 e. The highest BCUT2D eigenvalue weighted by molar-refractivity contribution is 5.73. The minimum absolute atomic E-state index is 0.0115. The smallest absolute Gasteiger partial charge is 0.490 e. The van der Waals surface area contributed by atoms with Crippen molar-refractivity contribution in [3.05, 3.63) is 48.3 Å². The summed E-state index contributed by atoms with van der Waals surface area (Å²) in [5.74, 6) is -2.44. The molecule has 0 radical (unpaired) electrons. The van der Waals surface area contributed by atoms with Crippen LogP contribution in [0.4, 0.5) is 33.3 Å². The predicted octanol–water partition coefficient (Wildman–Crippen LogP) is 5.15. The molecule has 2 aromatic rings. The van der Waals surface area contributed by atoms with E-state index in [1.807, 2.05) is 34.1 Å². The zero-order valence-electron chi connectivity index (χ0n) is 21.9. The van der Waals surface area contributed by atoms with Gasteiger partial charge in [-0.25, -0.2) is 13.6 Å². The van der Waals surface area contributed by atoms with Crippen LogP contribution < -0.4 is 19.3 Å². The lowest BCUT2D eigenvalue weighted by Crippen LogP contribution is -2.44. The second-order valence-corrected chi connectivity index (χ2v) is 9.72. The molecule has 2 aromatic carbocycles. The maximum atomic E-state index is 14.4. The van der Waals surface area contributed by atoms with Gasteiger partial charge in [-0.15, -0.1) is 0 Å². The number of benzene rings is 2. The Hall–Kier alpha value is -3.77. The monoisotopic (exact) mass is 574 g/mol. The standard InChI is InChI=1S/C25H30F2N2O4.C2HF3O2/c1-16-14-28(23-13-21(32-2)7-8-22(23)27)10-9-24(16)33-20-5-3-18(4-6-20)29-15-17(26)11-19(29)12-25(30)31;3-2(4,5)1(6)7/h3-8,13,16-17,19,24H,9-12,14-15H2,1-2H3,(H,30,31);(H,6,7)/t16?,17-,19-,24?;/m1./s1. The first-order valence-corrected chi connectivity index (χ1v) is 12.6. The molecule has 2 heterocycles. The van der Waals surface area contributed by atoms with Crippen molar-refractivity contribution in [2.45, 2.75) is 50.7 Å². The topological polar surface area (TPSA) is 99.5 Å². The summed E-state index contributed by atoms with van der Waals surface area (Å²) in [6.45, 7) is 3.62. The van der Waals surface area contributed by atoms with Gasteiger partial charge >= 0.3 is 18.1 Å². The summed E-state index contributed by atoms with van der Waals surface area (Å²) < 4.78 is 71.5. The van der Waals surface area contributed by atoms with Gasteiger partial charge < -0.3 is 29.5 Å². The highest BCUT2D eigenvalue weighted by atomic mass is 19.4. The van der Waals surface area contributed by atoms with Crippen LogP contribution in [-0.4, -0.2) is 73.4 Å². The molecule has 4 atom stereocenters. The summed E-state index contributed by atoms with van der Waals surface area (Å²) >= 11 is 0. The minimum atomic E-state index is -5.08. The number of aliphatic carboxylic acids is 2. The van der Waals surface area contributed by atoms with Crippen LogP contribution in [-0.2, 0) is 9.59 Å². The molecule has 220 valence electrons. The molecule has 0 amide bonds. The molecule has 2 aliphatic rings.